The van der Waals surface area contributed by atoms with Crippen molar-refractivity contribution in [1.29, 1.82) is 0 Å². The molecule has 158 valence electrons. The lowest BCUT2D eigenvalue weighted by Gasteiger charge is -2.19. The van der Waals surface area contributed by atoms with Crippen LogP contribution in [0.1, 0.15) is 58.2 Å². The van der Waals surface area contributed by atoms with Gasteiger partial charge in [0.25, 0.3) is 0 Å². The van der Waals surface area contributed by atoms with Gasteiger partial charge in [0.15, 0.2) is 0 Å². The second kappa shape index (κ2) is 8.72. The molecule has 0 saturated carbocycles. The van der Waals surface area contributed by atoms with Gasteiger partial charge in [-0.25, -0.2) is 0 Å². The predicted octanol–water partition coefficient (Wildman–Crippen LogP) is 8.60. The number of hydrogen-bond acceptors (Lipinski definition) is 3. The Bertz CT molecular complexity index is 924. The van der Waals surface area contributed by atoms with Crippen LogP contribution in [-0.4, -0.2) is 5.11 Å². The van der Waals surface area contributed by atoms with Crippen molar-refractivity contribution < 1.29 is 5.11 Å². The Kier molecular flexibility index (Phi) is 6.64. The summed E-state index contributed by atoms with van der Waals surface area (Å²) in [5.74, 6) is 0.357. The third-order valence-corrected chi connectivity index (χ3v) is 7.16. The molecule has 1 N–H and O–H groups in total. The highest BCUT2D eigenvalue weighted by atomic mass is 32.2. The van der Waals surface area contributed by atoms with E-state index in [1.165, 1.54) is 11.1 Å². The molecule has 0 amide bonds. The van der Waals surface area contributed by atoms with Crippen molar-refractivity contribution in [3.05, 3.63) is 77.4 Å². The first-order valence-electron chi connectivity index (χ1n) is 10.3. The molecule has 0 aliphatic rings. The van der Waals surface area contributed by atoms with Crippen LogP contribution in [0.2, 0.25) is 0 Å². The minimum absolute atomic E-state index is 0.140. The van der Waals surface area contributed by atoms with Crippen LogP contribution < -0.4 is 0 Å². The Balaban J connectivity index is 1.83. The summed E-state index contributed by atoms with van der Waals surface area (Å²) >= 11 is 3.23. The van der Waals surface area contributed by atoms with E-state index < -0.39 is 0 Å². The van der Waals surface area contributed by atoms with E-state index in [0.717, 1.165) is 25.1 Å². The van der Waals surface area contributed by atoms with Gasteiger partial charge in [-0.05, 0) is 70.8 Å². The summed E-state index contributed by atoms with van der Waals surface area (Å²) in [6.45, 7) is 15.4. The Morgan fingerprint density at radius 3 is 1.23 bits per heavy atom. The van der Waals surface area contributed by atoms with Crippen molar-refractivity contribution in [2.45, 2.75) is 78.9 Å². The maximum Gasteiger partial charge on any atom is 0.143 e. The third kappa shape index (κ3) is 5.65. The fourth-order valence-electron chi connectivity index (χ4n) is 3.17. The highest BCUT2D eigenvalue weighted by Gasteiger charge is 2.16. The van der Waals surface area contributed by atoms with E-state index in [1.54, 1.807) is 23.5 Å². The Labute approximate surface area is 190 Å². The molecule has 0 heterocycles. The first-order valence-corrected chi connectivity index (χ1v) is 12.0. The molecule has 3 aromatic carbocycles. The maximum atomic E-state index is 11.0. The second-order valence-corrected chi connectivity index (χ2v) is 12.1. The molecule has 0 fully saturated rings. The van der Waals surface area contributed by atoms with Crippen LogP contribution in [0.4, 0.5) is 0 Å². The molecule has 0 unspecified atom stereocenters. The van der Waals surface area contributed by atoms with Crippen LogP contribution in [0, 0.1) is 6.92 Å². The molecular weight excluding hydrogens is 404 g/mol. The number of hydrogen-bond donors (Lipinski definition) is 1. The number of aromatic hydroxyl groups is 1. The zero-order valence-corrected chi connectivity index (χ0v) is 20.7. The summed E-state index contributed by atoms with van der Waals surface area (Å²) in [5.41, 5.74) is 4.06. The summed E-state index contributed by atoms with van der Waals surface area (Å²) in [7, 11) is 0. The molecule has 3 aromatic rings. The minimum atomic E-state index is 0.140. The quantitative estimate of drug-likeness (QED) is 0.442. The van der Waals surface area contributed by atoms with Gasteiger partial charge in [-0.3, -0.25) is 0 Å². The zero-order valence-electron chi connectivity index (χ0n) is 19.0. The number of phenolic OH excluding ortho intramolecular Hbond substituents is 1. The minimum Gasteiger partial charge on any atom is -0.506 e. The molecule has 1 nitrogen and oxygen atoms in total. The summed E-state index contributed by atoms with van der Waals surface area (Å²) in [6.07, 6.45) is 0. The van der Waals surface area contributed by atoms with Gasteiger partial charge in [-0.15, -0.1) is 0 Å². The number of phenols is 1. The third-order valence-electron chi connectivity index (χ3n) is 5.08. The van der Waals surface area contributed by atoms with Crippen molar-refractivity contribution in [3.8, 4) is 5.75 Å². The molecule has 0 atom stereocenters. The van der Waals surface area contributed by atoms with Crippen molar-refractivity contribution in [1.82, 2.24) is 0 Å². The first-order chi connectivity index (χ1) is 13.9. The monoisotopic (exact) mass is 436 g/mol. The molecule has 0 aromatic heterocycles. The van der Waals surface area contributed by atoms with Crippen LogP contribution in [-0.2, 0) is 10.8 Å². The van der Waals surface area contributed by atoms with Gasteiger partial charge in [-0.1, -0.05) is 89.3 Å². The molecule has 0 spiro atoms. The maximum absolute atomic E-state index is 11.0. The van der Waals surface area contributed by atoms with E-state index in [-0.39, 0.29) is 10.8 Å². The van der Waals surface area contributed by atoms with Crippen LogP contribution in [0.3, 0.4) is 0 Å². The molecule has 30 heavy (non-hydrogen) atoms. The lowest BCUT2D eigenvalue weighted by Crippen LogP contribution is -2.10. The fourth-order valence-corrected chi connectivity index (χ4v) is 5.19. The predicted molar refractivity (Wildman–Crippen MR) is 131 cm³/mol. The van der Waals surface area contributed by atoms with Crippen LogP contribution in [0.5, 0.6) is 5.75 Å². The van der Waals surface area contributed by atoms with E-state index in [2.05, 4.69) is 109 Å². The van der Waals surface area contributed by atoms with Crippen molar-refractivity contribution in [2.75, 3.05) is 0 Å². The summed E-state index contributed by atoms with van der Waals surface area (Å²) in [6, 6.07) is 21.4. The van der Waals surface area contributed by atoms with Crippen molar-refractivity contribution in [3.63, 3.8) is 0 Å². The standard InChI is InChI=1S/C27H32OS2/c1-18-16-23(29-21-12-8-19(9-13-21)26(2,3)4)25(28)24(17-18)30-22-14-10-20(11-15-22)27(5,6)7/h8-17,28H,1-7H3. The zero-order chi connectivity index (χ0) is 22.1. The largest absolute Gasteiger partial charge is 0.506 e. The van der Waals surface area contributed by atoms with Gasteiger partial charge in [0.2, 0.25) is 0 Å². The van der Waals surface area contributed by atoms with E-state index in [1.807, 2.05) is 0 Å². The van der Waals surface area contributed by atoms with E-state index in [9.17, 15) is 5.11 Å². The van der Waals surface area contributed by atoms with Gasteiger partial charge in [0.05, 0.1) is 9.79 Å². The van der Waals surface area contributed by atoms with Crippen LogP contribution >= 0.6 is 23.5 Å². The molecule has 0 bridgehead atoms. The smallest absolute Gasteiger partial charge is 0.143 e. The lowest BCUT2D eigenvalue weighted by atomic mass is 9.87. The molecular formula is C27H32OS2. The van der Waals surface area contributed by atoms with Gasteiger partial charge in [0.1, 0.15) is 5.75 Å². The summed E-state index contributed by atoms with van der Waals surface area (Å²) < 4.78 is 0. The average molecular weight is 437 g/mol. The Morgan fingerprint density at radius 2 is 0.933 bits per heavy atom. The highest BCUT2D eigenvalue weighted by molar-refractivity contribution is 8.00. The second-order valence-electron chi connectivity index (χ2n) is 9.86. The first kappa shape index (κ1) is 22.8. The van der Waals surface area contributed by atoms with Crippen molar-refractivity contribution >= 4 is 23.5 Å². The summed E-state index contributed by atoms with van der Waals surface area (Å²) in [5, 5.41) is 11.0. The van der Waals surface area contributed by atoms with Gasteiger partial charge < -0.3 is 5.11 Å². The molecule has 0 saturated heterocycles. The van der Waals surface area contributed by atoms with Crippen molar-refractivity contribution in [2.24, 2.45) is 0 Å². The van der Waals surface area contributed by atoms with Gasteiger partial charge >= 0.3 is 0 Å². The van der Waals surface area contributed by atoms with E-state index >= 15 is 0 Å². The topological polar surface area (TPSA) is 20.2 Å². The highest BCUT2D eigenvalue weighted by Crippen LogP contribution is 2.43. The Hall–Kier alpha value is -1.84. The Morgan fingerprint density at radius 1 is 0.600 bits per heavy atom. The molecule has 3 rings (SSSR count). The SMILES string of the molecule is Cc1cc(Sc2ccc(C(C)(C)C)cc2)c(O)c(Sc2ccc(C(C)(C)C)cc2)c1. The van der Waals surface area contributed by atoms with Crippen LogP contribution in [0.25, 0.3) is 0 Å². The van der Waals surface area contributed by atoms with Gasteiger partial charge in [-0.2, -0.15) is 0 Å². The molecule has 0 radical (unpaired) electrons. The number of rotatable bonds is 4. The normalized spacial score (nSPS) is 12.2. The van der Waals surface area contributed by atoms with Crippen LogP contribution in [0.15, 0.2) is 80.2 Å². The van der Waals surface area contributed by atoms with E-state index in [4.69, 9.17) is 0 Å². The molecule has 0 aliphatic carbocycles. The fraction of sp³-hybridized carbons (Fsp3) is 0.333. The van der Waals surface area contributed by atoms with Gasteiger partial charge in [0, 0.05) is 9.79 Å². The van der Waals surface area contributed by atoms with E-state index in [0.29, 0.717) is 5.75 Å². The lowest BCUT2D eigenvalue weighted by molar-refractivity contribution is 0.448. The molecule has 0 aliphatic heterocycles. The summed E-state index contributed by atoms with van der Waals surface area (Å²) in [4.78, 5) is 4.06. The average Bonchev–Trinajstić information content (AvgIpc) is 2.65. The number of benzene rings is 3. The number of aryl methyl sites for hydroxylation is 1. The molecule has 3 heteroatoms.